The van der Waals surface area contributed by atoms with Gasteiger partial charge in [-0.1, -0.05) is 38.1 Å². The van der Waals surface area contributed by atoms with E-state index in [9.17, 15) is 5.11 Å². The van der Waals surface area contributed by atoms with Gasteiger partial charge in [-0.3, -0.25) is 0 Å². The summed E-state index contributed by atoms with van der Waals surface area (Å²) >= 11 is 0. The van der Waals surface area contributed by atoms with Crippen LogP contribution in [0.25, 0.3) is 0 Å². The second kappa shape index (κ2) is 7.52. The highest BCUT2D eigenvalue weighted by Gasteiger charge is 2.11. The average molecular weight is 251 g/mol. The Kier molecular flexibility index (Phi) is 6.33. The lowest BCUT2D eigenvalue weighted by molar-refractivity contribution is -0.0101. The third-order valence-electron chi connectivity index (χ3n) is 2.94. The zero-order chi connectivity index (χ0) is 13.5. The van der Waals surface area contributed by atoms with E-state index in [2.05, 4.69) is 13.8 Å². The van der Waals surface area contributed by atoms with E-state index in [4.69, 9.17) is 10.5 Å². The van der Waals surface area contributed by atoms with Gasteiger partial charge in [-0.25, -0.2) is 0 Å². The topological polar surface area (TPSA) is 55.5 Å². The van der Waals surface area contributed by atoms with Crippen molar-refractivity contribution in [1.82, 2.24) is 0 Å². The maximum absolute atomic E-state index is 10.0. The van der Waals surface area contributed by atoms with Crippen LogP contribution in [0.2, 0.25) is 0 Å². The highest BCUT2D eigenvalue weighted by Crippen LogP contribution is 2.16. The molecule has 3 N–H and O–H groups in total. The number of hydrogen-bond donors (Lipinski definition) is 2. The molecule has 1 rings (SSSR count). The van der Waals surface area contributed by atoms with Crippen LogP contribution in [0.15, 0.2) is 24.3 Å². The lowest BCUT2D eigenvalue weighted by atomic mass is 10.1. The van der Waals surface area contributed by atoms with Gasteiger partial charge in [-0.05, 0) is 30.4 Å². The Bertz CT molecular complexity index is 335. The molecule has 0 radical (unpaired) electrons. The molecule has 0 aliphatic heterocycles. The molecule has 3 heteroatoms. The van der Waals surface area contributed by atoms with E-state index in [1.54, 1.807) is 0 Å². The minimum atomic E-state index is -0.563. The largest absolute Gasteiger partial charge is 0.386 e. The molecule has 3 nitrogen and oxygen atoms in total. The fraction of sp³-hybridized carbons (Fsp3) is 0.600. The molecule has 18 heavy (non-hydrogen) atoms. The van der Waals surface area contributed by atoms with Gasteiger partial charge >= 0.3 is 0 Å². The van der Waals surface area contributed by atoms with Crippen LogP contribution in [-0.2, 0) is 11.3 Å². The predicted molar refractivity (Wildman–Crippen MR) is 74.2 cm³/mol. The molecule has 0 spiro atoms. The van der Waals surface area contributed by atoms with Crippen molar-refractivity contribution in [2.75, 3.05) is 6.61 Å². The lowest BCUT2D eigenvalue weighted by Crippen LogP contribution is -2.16. The van der Waals surface area contributed by atoms with Crippen LogP contribution in [0.1, 0.15) is 44.4 Å². The summed E-state index contributed by atoms with van der Waals surface area (Å²) in [6, 6.07) is 7.69. The van der Waals surface area contributed by atoms with Gasteiger partial charge in [0.25, 0.3) is 0 Å². The standard InChI is InChI=1S/C15H25NO2/c1-11(2)8-12(3)18-10-15(17)14-6-4-13(9-16)5-7-14/h4-7,11-12,15,17H,8-10,16H2,1-3H3. The summed E-state index contributed by atoms with van der Waals surface area (Å²) in [5.74, 6) is 0.612. The van der Waals surface area contributed by atoms with Gasteiger partial charge in [0.15, 0.2) is 0 Å². The Labute approximate surface area is 110 Å². The van der Waals surface area contributed by atoms with E-state index in [1.807, 2.05) is 31.2 Å². The summed E-state index contributed by atoms with van der Waals surface area (Å²) in [7, 11) is 0. The lowest BCUT2D eigenvalue weighted by Gasteiger charge is -2.18. The van der Waals surface area contributed by atoms with E-state index < -0.39 is 6.10 Å². The number of hydrogen-bond acceptors (Lipinski definition) is 3. The van der Waals surface area contributed by atoms with Crippen molar-refractivity contribution in [2.24, 2.45) is 11.7 Å². The zero-order valence-corrected chi connectivity index (χ0v) is 11.6. The van der Waals surface area contributed by atoms with Crippen molar-refractivity contribution in [2.45, 2.75) is 45.9 Å². The highest BCUT2D eigenvalue weighted by molar-refractivity contribution is 5.24. The molecule has 0 heterocycles. The van der Waals surface area contributed by atoms with Crippen molar-refractivity contribution in [3.63, 3.8) is 0 Å². The second-order valence-corrected chi connectivity index (χ2v) is 5.24. The molecule has 1 aromatic rings. The van der Waals surface area contributed by atoms with Gasteiger partial charge in [0.2, 0.25) is 0 Å². The first kappa shape index (κ1) is 15.2. The van der Waals surface area contributed by atoms with Gasteiger partial charge in [0.1, 0.15) is 6.10 Å². The third kappa shape index (κ3) is 5.17. The number of nitrogens with two attached hydrogens (primary N) is 1. The number of ether oxygens (including phenoxy) is 1. The smallest absolute Gasteiger partial charge is 0.102 e. The number of aliphatic hydroxyl groups excluding tert-OH is 1. The van der Waals surface area contributed by atoms with Crippen LogP contribution < -0.4 is 5.73 Å². The fourth-order valence-electron chi connectivity index (χ4n) is 1.96. The molecule has 0 saturated carbocycles. The molecule has 0 saturated heterocycles. The normalized spacial score (nSPS) is 14.8. The number of benzene rings is 1. The SMILES string of the molecule is CC(C)CC(C)OCC(O)c1ccc(CN)cc1. The monoisotopic (exact) mass is 251 g/mol. The Hall–Kier alpha value is -0.900. The van der Waals surface area contributed by atoms with E-state index in [1.165, 1.54) is 0 Å². The van der Waals surface area contributed by atoms with Crippen LogP contribution in [0.5, 0.6) is 0 Å². The first-order valence-corrected chi connectivity index (χ1v) is 6.61. The predicted octanol–water partition coefficient (Wildman–Crippen LogP) is 2.63. The van der Waals surface area contributed by atoms with Crippen LogP contribution in [0, 0.1) is 5.92 Å². The number of rotatable bonds is 7. The fourth-order valence-corrected chi connectivity index (χ4v) is 1.96. The van der Waals surface area contributed by atoms with Gasteiger partial charge in [-0.15, -0.1) is 0 Å². The number of aliphatic hydroxyl groups is 1. The summed E-state index contributed by atoms with van der Waals surface area (Å²) in [5.41, 5.74) is 7.48. The van der Waals surface area contributed by atoms with E-state index in [-0.39, 0.29) is 6.10 Å². The zero-order valence-electron chi connectivity index (χ0n) is 11.6. The second-order valence-electron chi connectivity index (χ2n) is 5.24. The quantitative estimate of drug-likeness (QED) is 0.783. The molecule has 1 aromatic carbocycles. The molecule has 0 amide bonds. The van der Waals surface area contributed by atoms with Crippen molar-refractivity contribution >= 4 is 0 Å². The summed E-state index contributed by atoms with van der Waals surface area (Å²) in [6.07, 6.45) is 0.633. The molecular weight excluding hydrogens is 226 g/mol. The maximum atomic E-state index is 10.0. The summed E-state index contributed by atoms with van der Waals surface area (Å²) in [4.78, 5) is 0. The molecule has 102 valence electrons. The molecule has 0 aliphatic carbocycles. The Morgan fingerprint density at radius 2 is 1.78 bits per heavy atom. The molecule has 0 fully saturated rings. The molecule has 0 aliphatic rings. The minimum Gasteiger partial charge on any atom is -0.386 e. The van der Waals surface area contributed by atoms with E-state index in [0.717, 1.165) is 17.5 Å². The van der Waals surface area contributed by atoms with Crippen LogP contribution in [0.3, 0.4) is 0 Å². The van der Waals surface area contributed by atoms with Crippen molar-refractivity contribution in [3.05, 3.63) is 35.4 Å². The molecule has 2 atom stereocenters. The Morgan fingerprint density at radius 3 is 2.28 bits per heavy atom. The molecular formula is C15H25NO2. The highest BCUT2D eigenvalue weighted by atomic mass is 16.5. The first-order chi connectivity index (χ1) is 8.52. The third-order valence-corrected chi connectivity index (χ3v) is 2.94. The Morgan fingerprint density at radius 1 is 1.17 bits per heavy atom. The average Bonchev–Trinajstić information content (AvgIpc) is 2.35. The van der Waals surface area contributed by atoms with Gasteiger partial charge in [0.05, 0.1) is 12.7 Å². The first-order valence-electron chi connectivity index (χ1n) is 6.61. The van der Waals surface area contributed by atoms with E-state index in [0.29, 0.717) is 19.1 Å². The molecule has 0 aromatic heterocycles. The van der Waals surface area contributed by atoms with Crippen molar-refractivity contribution < 1.29 is 9.84 Å². The molecule has 2 unspecified atom stereocenters. The van der Waals surface area contributed by atoms with Crippen LogP contribution in [0.4, 0.5) is 0 Å². The minimum absolute atomic E-state index is 0.183. The maximum Gasteiger partial charge on any atom is 0.102 e. The van der Waals surface area contributed by atoms with Gasteiger partial charge < -0.3 is 15.6 Å². The Balaban J connectivity index is 2.42. The summed E-state index contributed by atoms with van der Waals surface area (Å²) in [6.45, 7) is 7.25. The van der Waals surface area contributed by atoms with Gasteiger partial charge in [0, 0.05) is 6.54 Å². The van der Waals surface area contributed by atoms with Crippen LogP contribution >= 0.6 is 0 Å². The van der Waals surface area contributed by atoms with Gasteiger partial charge in [-0.2, -0.15) is 0 Å². The van der Waals surface area contributed by atoms with Crippen LogP contribution in [-0.4, -0.2) is 17.8 Å². The summed E-state index contributed by atoms with van der Waals surface area (Å²) < 4.78 is 5.65. The van der Waals surface area contributed by atoms with Crippen molar-refractivity contribution in [3.8, 4) is 0 Å². The summed E-state index contributed by atoms with van der Waals surface area (Å²) in [5, 5.41) is 10.0. The molecule has 0 bridgehead atoms. The van der Waals surface area contributed by atoms with Crippen molar-refractivity contribution in [1.29, 1.82) is 0 Å². The van der Waals surface area contributed by atoms with E-state index >= 15 is 0 Å².